The molecule has 20 heavy (non-hydrogen) atoms. The van der Waals surface area contributed by atoms with E-state index in [1.54, 1.807) is 13.2 Å². The van der Waals surface area contributed by atoms with E-state index < -0.39 is 0 Å². The van der Waals surface area contributed by atoms with E-state index in [1.807, 2.05) is 6.92 Å². The van der Waals surface area contributed by atoms with Crippen molar-refractivity contribution < 1.29 is 13.5 Å². The molecule has 0 saturated heterocycles. The largest absolute Gasteiger partial charge is 0.459 e. The van der Waals surface area contributed by atoms with Crippen molar-refractivity contribution in [3.8, 4) is 0 Å². The van der Waals surface area contributed by atoms with Crippen LogP contribution in [0.3, 0.4) is 0 Å². The van der Waals surface area contributed by atoms with Gasteiger partial charge < -0.3 is 14.5 Å². The van der Waals surface area contributed by atoms with E-state index in [2.05, 4.69) is 5.32 Å². The van der Waals surface area contributed by atoms with Gasteiger partial charge in [0.2, 0.25) is 0 Å². The summed E-state index contributed by atoms with van der Waals surface area (Å²) in [5, 5.41) is 4.36. The second-order valence-corrected chi connectivity index (χ2v) is 5.57. The monoisotopic (exact) mass is 277 g/mol. The Morgan fingerprint density at radius 1 is 1.45 bits per heavy atom. The number of hydrogen-bond donors (Lipinski definition) is 1. The molecule has 1 atom stereocenters. The van der Waals surface area contributed by atoms with E-state index >= 15 is 0 Å². The van der Waals surface area contributed by atoms with Gasteiger partial charge in [0.05, 0.1) is 13.2 Å². The molecular weight excluding hydrogens is 257 g/mol. The van der Waals surface area contributed by atoms with Crippen LogP contribution in [0.2, 0.25) is 0 Å². The van der Waals surface area contributed by atoms with E-state index in [0.29, 0.717) is 12.6 Å². The SMILES string of the molecule is COCC(NCc1oc2ccc(F)cc2c1C)C1CC1. The average Bonchev–Trinajstić information content (AvgIpc) is 3.22. The van der Waals surface area contributed by atoms with Gasteiger partial charge in [-0.1, -0.05) is 0 Å². The van der Waals surface area contributed by atoms with E-state index in [4.69, 9.17) is 9.15 Å². The second-order valence-electron chi connectivity index (χ2n) is 5.57. The zero-order chi connectivity index (χ0) is 14.1. The lowest BCUT2D eigenvalue weighted by atomic mass is 10.1. The zero-order valence-corrected chi connectivity index (χ0v) is 11.9. The standard InChI is InChI=1S/C16H20FNO2/c1-10-13-7-12(17)5-6-15(13)20-16(10)8-18-14(9-19-2)11-3-4-11/h5-7,11,14,18H,3-4,8-9H2,1-2H3. The maximum atomic E-state index is 13.3. The van der Waals surface area contributed by atoms with Crippen LogP contribution in [-0.4, -0.2) is 19.8 Å². The lowest BCUT2D eigenvalue weighted by molar-refractivity contribution is 0.156. The predicted molar refractivity (Wildman–Crippen MR) is 76.1 cm³/mol. The maximum Gasteiger partial charge on any atom is 0.134 e. The number of hydrogen-bond acceptors (Lipinski definition) is 3. The van der Waals surface area contributed by atoms with Crippen molar-refractivity contribution in [3.05, 3.63) is 35.3 Å². The minimum absolute atomic E-state index is 0.226. The molecule has 0 radical (unpaired) electrons. The molecule has 3 nitrogen and oxygen atoms in total. The minimum Gasteiger partial charge on any atom is -0.459 e. The first kappa shape index (κ1) is 13.6. The Bertz CT molecular complexity index is 604. The van der Waals surface area contributed by atoms with E-state index in [0.717, 1.165) is 34.8 Å². The third-order valence-electron chi connectivity index (χ3n) is 4.06. The topological polar surface area (TPSA) is 34.4 Å². The molecule has 1 fully saturated rings. The summed E-state index contributed by atoms with van der Waals surface area (Å²) in [4.78, 5) is 0. The summed E-state index contributed by atoms with van der Waals surface area (Å²) in [6.45, 7) is 3.36. The van der Waals surface area contributed by atoms with Crippen LogP contribution < -0.4 is 5.32 Å². The van der Waals surface area contributed by atoms with Crippen molar-refractivity contribution in [1.29, 1.82) is 0 Å². The fourth-order valence-corrected chi connectivity index (χ4v) is 2.68. The average molecular weight is 277 g/mol. The molecule has 1 aliphatic carbocycles. The molecule has 1 saturated carbocycles. The molecule has 0 aliphatic heterocycles. The molecule has 1 N–H and O–H groups in total. The van der Waals surface area contributed by atoms with Crippen molar-refractivity contribution in [1.82, 2.24) is 5.32 Å². The molecule has 108 valence electrons. The Labute approximate surface area is 118 Å². The number of ether oxygens (including phenoxy) is 1. The van der Waals surface area contributed by atoms with E-state index in [-0.39, 0.29) is 5.82 Å². The molecule has 4 heteroatoms. The molecule has 3 rings (SSSR count). The van der Waals surface area contributed by atoms with Crippen LogP contribution in [0.15, 0.2) is 22.6 Å². The Kier molecular flexibility index (Phi) is 3.76. The quantitative estimate of drug-likeness (QED) is 0.878. The molecule has 1 aliphatic rings. The summed E-state index contributed by atoms with van der Waals surface area (Å²) >= 11 is 0. The number of fused-ring (bicyclic) bond motifs is 1. The molecule has 1 aromatic carbocycles. The van der Waals surface area contributed by atoms with Crippen molar-refractivity contribution in [2.75, 3.05) is 13.7 Å². The molecule has 2 aromatic rings. The number of halogens is 1. The number of rotatable bonds is 6. The second kappa shape index (κ2) is 5.54. The van der Waals surface area contributed by atoms with Crippen molar-refractivity contribution >= 4 is 11.0 Å². The highest BCUT2D eigenvalue weighted by Gasteiger charge is 2.31. The summed E-state index contributed by atoms with van der Waals surface area (Å²) < 4.78 is 24.3. The van der Waals surface area contributed by atoms with Gasteiger partial charge in [0.15, 0.2) is 0 Å². The summed E-state index contributed by atoms with van der Waals surface area (Å²) in [5.41, 5.74) is 1.76. The van der Waals surface area contributed by atoms with Crippen molar-refractivity contribution in [2.45, 2.75) is 32.4 Å². The highest BCUT2D eigenvalue weighted by Crippen LogP contribution is 2.33. The molecule has 1 heterocycles. The van der Waals surface area contributed by atoms with Gasteiger partial charge in [-0.15, -0.1) is 0 Å². The number of methoxy groups -OCH3 is 1. The Morgan fingerprint density at radius 2 is 2.25 bits per heavy atom. The summed E-state index contributed by atoms with van der Waals surface area (Å²) in [6, 6.07) is 5.03. The molecule has 0 spiro atoms. The normalized spacial score (nSPS) is 16.8. The first-order chi connectivity index (χ1) is 9.69. The lowest BCUT2D eigenvalue weighted by Crippen LogP contribution is -2.34. The van der Waals surface area contributed by atoms with Crippen LogP contribution in [0.5, 0.6) is 0 Å². The van der Waals surface area contributed by atoms with E-state index in [1.165, 1.54) is 25.0 Å². The van der Waals surface area contributed by atoms with Crippen molar-refractivity contribution in [3.63, 3.8) is 0 Å². The van der Waals surface area contributed by atoms with Crippen LogP contribution in [0, 0.1) is 18.7 Å². The lowest BCUT2D eigenvalue weighted by Gasteiger charge is -2.16. The van der Waals surface area contributed by atoms with Crippen LogP contribution in [0.1, 0.15) is 24.2 Å². The number of nitrogens with one attached hydrogen (secondary N) is 1. The maximum absolute atomic E-state index is 13.3. The summed E-state index contributed by atoms with van der Waals surface area (Å²) in [6.07, 6.45) is 2.54. The van der Waals surface area contributed by atoms with Gasteiger partial charge in [0, 0.05) is 18.5 Å². The van der Waals surface area contributed by atoms with Crippen molar-refractivity contribution in [2.24, 2.45) is 5.92 Å². The Balaban J connectivity index is 1.75. The highest BCUT2D eigenvalue weighted by atomic mass is 19.1. The Hall–Kier alpha value is -1.39. The number of furan rings is 1. The van der Waals surface area contributed by atoms with Gasteiger partial charge in [-0.05, 0) is 49.4 Å². The first-order valence-corrected chi connectivity index (χ1v) is 7.09. The van der Waals surface area contributed by atoms with Gasteiger partial charge in [0.1, 0.15) is 17.2 Å². The third-order valence-corrected chi connectivity index (χ3v) is 4.06. The van der Waals surface area contributed by atoms with Gasteiger partial charge in [-0.3, -0.25) is 0 Å². The fourth-order valence-electron chi connectivity index (χ4n) is 2.68. The number of aryl methyl sites for hydroxylation is 1. The summed E-state index contributed by atoms with van der Waals surface area (Å²) in [7, 11) is 1.73. The predicted octanol–water partition coefficient (Wildman–Crippen LogP) is 3.39. The highest BCUT2D eigenvalue weighted by molar-refractivity contribution is 5.82. The van der Waals surface area contributed by atoms with Crippen LogP contribution in [0.25, 0.3) is 11.0 Å². The molecule has 0 amide bonds. The molecule has 1 aromatic heterocycles. The fraction of sp³-hybridized carbons (Fsp3) is 0.500. The first-order valence-electron chi connectivity index (χ1n) is 7.09. The molecule has 0 bridgehead atoms. The van der Waals surface area contributed by atoms with Crippen LogP contribution in [-0.2, 0) is 11.3 Å². The van der Waals surface area contributed by atoms with Crippen LogP contribution >= 0.6 is 0 Å². The third kappa shape index (κ3) is 2.72. The summed E-state index contributed by atoms with van der Waals surface area (Å²) in [5.74, 6) is 1.38. The van der Waals surface area contributed by atoms with Crippen LogP contribution in [0.4, 0.5) is 4.39 Å². The van der Waals surface area contributed by atoms with Gasteiger partial charge in [-0.2, -0.15) is 0 Å². The smallest absolute Gasteiger partial charge is 0.134 e. The molecular formula is C16H20FNO2. The minimum atomic E-state index is -0.226. The number of benzene rings is 1. The van der Waals surface area contributed by atoms with Gasteiger partial charge in [0.25, 0.3) is 0 Å². The van der Waals surface area contributed by atoms with Gasteiger partial charge in [-0.25, -0.2) is 4.39 Å². The van der Waals surface area contributed by atoms with E-state index in [9.17, 15) is 4.39 Å². The zero-order valence-electron chi connectivity index (χ0n) is 11.9. The Morgan fingerprint density at radius 3 is 2.95 bits per heavy atom. The molecule has 1 unspecified atom stereocenters. The van der Waals surface area contributed by atoms with Gasteiger partial charge >= 0.3 is 0 Å².